The van der Waals surface area contributed by atoms with Gasteiger partial charge in [-0.2, -0.15) is 0 Å². The van der Waals surface area contributed by atoms with E-state index in [9.17, 15) is 19.2 Å². The van der Waals surface area contributed by atoms with E-state index >= 15 is 0 Å². The molecule has 0 bridgehead atoms. The van der Waals surface area contributed by atoms with Crippen LogP contribution in [0.25, 0.3) is 0 Å². The third-order valence-corrected chi connectivity index (χ3v) is 9.04. The minimum atomic E-state index is -0.906. The highest BCUT2D eigenvalue weighted by atomic mass is 16.6. The molecule has 12 nitrogen and oxygen atoms in total. The molecule has 0 fully saturated rings. The number of hydrogen-bond donors (Lipinski definition) is 2. The molecule has 0 spiro atoms. The molecule has 0 aliphatic heterocycles. The van der Waals surface area contributed by atoms with Crippen molar-refractivity contribution in [1.29, 1.82) is 0 Å². The fourth-order valence-corrected chi connectivity index (χ4v) is 5.11. The van der Waals surface area contributed by atoms with Crippen molar-refractivity contribution in [3.8, 4) is 5.75 Å². The topological polar surface area (TPSA) is 148 Å². The quantitative estimate of drug-likeness (QED) is 0.0360. The number of hydrogen-bond acceptors (Lipinski definition) is 10. The van der Waals surface area contributed by atoms with Crippen LogP contribution in [0.15, 0.2) is 84.7 Å². The van der Waals surface area contributed by atoms with E-state index in [0.29, 0.717) is 37.4 Å². The minimum absolute atomic E-state index is 0.0133. The van der Waals surface area contributed by atoms with E-state index in [1.807, 2.05) is 51.1 Å². The maximum atomic E-state index is 12.9. The van der Waals surface area contributed by atoms with Crippen LogP contribution in [-0.4, -0.2) is 75.9 Å². The van der Waals surface area contributed by atoms with E-state index in [4.69, 9.17) is 28.4 Å². The molecule has 1 aromatic rings. The molecule has 3 atom stereocenters. The summed E-state index contributed by atoms with van der Waals surface area (Å²) in [4.78, 5) is 49.9. The highest BCUT2D eigenvalue weighted by Crippen LogP contribution is 2.27. The van der Waals surface area contributed by atoms with Gasteiger partial charge in [-0.15, -0.1) is 0 Å². The number of benzene rings is 1. The van der Waals surface area contributed by atoms with Crippen LogP contribution in [-0.2, 0) is 38.7 Å². The lowest BCUT2D eigenvalue weighted by atomic mass is 9.82. The van der Waals surface area contributed by atoms with Crippen LogP contribution in [0.4, 0.5) is 9.59 Å². The Morgan fingerprint density at radius 1 is 0.724 bits per heavy atom. The molecule has 0 aliphatic rings. The van der Waals surface area contributed by atoms with Crippen LogP contribution in [0.3, 0.4) is 0 Å². The number of amides is 2. The molecule has 3 unspecified atom stereocenters. The van der Waals surface area contributed by atoms with Gasteiger partial charge in [-0.3, -0.25) is 0 Å². The summed E-state index contributed by atoms with van der Waals surface area (Å²) >= 11 is 0. The van der Waals surface area contributed by atoms with E-state index in [1.165, 1.54) is 13.8 Å². The number of carbonyl (C=O) groups is 4. The predicted molar refractivity (Wildman–Crippen MR) is 228 cm³/mol. The van der Waals surface area contributed by atoms with Gasteiger partial charge >= 0.3 is 24.1 Å². The van der Waals surface area contributed by atoms with E-state index in [0.717, 1.165) is 11.1 Å². The zero-order chi connectivity index (χ0) is 44.3. The molecule has 324 valence electrons. The van der Waals surface area contributed by atoms with Gasteiger partial charge in [-0.05, 0) is 85.6 Å². The lowest BCUT2D eigenvalue weighted by molar-refractivity contribution is -0.143. The molecule has 12 heteroatoms. The molecule has 2 amide bonds. The van der Waals surface area contributed by atoms with Crippen LogP contribution >= 0.6 is 0 Å². The fourth-order valence-electron chi connectivity index (χ4n) is 5.11. The zero-order valence-electron chi connectivity index (χ0n) is 37.1. The van der Waals surface area contributed by atoms with Crippen molar-refractivity contribution in [3.63, 3.8) is 0 Å². The largest absolute Gasteiger partial charge is 0.490 e. The molecule has 0 radical (unpaired) electrons. The summed E-state index contributed by atoms with van der Waals surface area (Å²) in [6, 6.07) is 7.66. The van der Waals surface area contributed by atoms with Gasteiger partial charge in [0.2, 0.25) is 0 Å². The summed E-state index contributed by atoms with van der Waals surface area (Å²) in [5.74, 6) is 0.0202. The van der Waals surface area contributed by atoms with E-state index < -0.39 is 36.3 Å². The molecule has 1 rings (SSSR count). The van der Waals surface area contributed by atoms with Gasteiger partial charge in [0.15, 0.2) is 12.2 Å². The first-order valence-corrected chi connectivity index (χ1v) is 19.7. The Morgan fingerprint density at radius 3 is 1.71 bits per heavy atom. The molecule has 1 aromatic carbocycles. The number of allylic oxidation sites excluding steroid dienone is 4. The maximum absolute atomic E-state index is 12.9. The zero-order valence-corrected chi connectivity index (χ0v) is 37.1. The third-order valence-electron chi connectivity index (χ3n) is 9.04. The summed E-state index contributed by atoms with van der Waals surface area (Å²) in [5.41, 5.74) is 2.36. The minimum Gasteiger partial charge on any atom is -0.490 e. The second-order valence-electron chi connectivity index (χ2n) is 17.6. The van der Waals surface area contributed by atoms with Crippen molar-refractivity contribution < 1.29 is 47.6 Å². The Bertz CT molecular complexity index is 1610. The van der Waals surface area contributed by atoms with Gasteiger partial charge in [-0.25, -0.2) is 19.2 Å². The summed E-state index contributed by atoms with van der Waals surface area (Å²) < 4.78 is 33.5. The highest BCUT2D eigenvalue weighted by molar-refractivity contribution is 5.87. The maximum Gasteiger partial charge on any atom is 0.407 e. The fraction of sp³-hybridized carbons (Fsp3) is 0.565. The Morgan fingerprint density at radius 2 is 1.22 bits per heavy atom. The SMILES string of the molecule is C=CC(=CC=C(C)C(C)(C)C)OCC(COC(=O)C(=C)C)OC(=O)NCC(C)(C)CC(C)CCNC(=O)OC(COC(=O)C(=C)C)COc1ccc(C(C)(C)C)cc1. The van der Waals surface area contributed by atoms with Crippen LogP contribution in [0, 0.1) is 16.7 Å². The first-order chi connectivity index (χ1) is 26.8. The summed E-state index contributed by atoms with van der Waals surface area (Å²) in [6.45, 7) is 35.0. The van der Waals surface area contributed by atoms with E-state index in [2.05, 4.69) is 78.8 Å². The first-order valence-electron chi connectivity index (χ1n) is 19.7. The second-order valence-corrected chi connectivity index (χ2v) is 17.6. The van der Waals surface area contributed by atoms with Gasteiger partial charge in [0.1, 0.15) is 37.9 Å². The predicted octanol–water partition coefficient (Wildman–Crippen LogP) is 9.31. The van der Waals surface area contributed by atoms with Crippen LogP contribution in [0.1, 0.15) is 101 Å². The average molecular weight is 811 g/mol. The van der Waals surface area contributed by atoms with Gasteiger partial charge in [0.25, 0.3) is 0 Å². The molecule has 0 aromatic heterocycles. The molecule has 0 heterocycles. The van der Waals surface area contributed by atoms with Crippen LogP contribution in [0.2, 0.25) is 0 Å². The second kappa shape index (κ2) is 24.0. The van der Waals surface area contributed by atoms with Crippen LogP contribution in [0.5, 0.6) is 5.75 Å². The number of alkyl carbamates (subject to hydrolysis) is 2. The van der Waals surface area contributed by atoms with Crippen molar-refractivity contribution in [2.75, 3.05) is 39.5 Å². The Labute approximate surface area is 347 Å². The van der Waals surface area contributed by atoms with E-state index in [1.54, 1.807) is 12.2 Å². The lowest BCUT2D eigenvalue weighted by Crippen LogP contribution is -2.39. The number of nitrogens with one attached hydrogen (secondary N) is 2. The molecular formula is C46H70N2O10. The number of carbonyl (C=O) groups excluding carboxylic acids is 4. The molecular weight excluding hydrogens is 741 g/mol. The molecule has 58 heavy (non-hydrogen) atoms. The number of ether oxygens (including phenoxy) is 6. The standard InChI is InChI=1S/C46H70N2O10/c1-16-36(20-17-34(7)44(8,9)10)53-26-38(28-55-40(49)31(2)3)58-43(52)48-30-46(14,15)25-33(6)23-24-47-42(51)57-39(29-56-41(50)32(4)5)27-54-37-21-18-35(19-22-37)45(11,12)13/h16-22,33,38-39H,1-2,4,23-30H2,3,5-15H3,(H,47,51)(H,48,52). The van der Waals surface area contributed by atoms with Gasteiger partial charge in [-0.1, -0.05) is 106 Å². The van der Waals surface area contributed by atoms with Gasteiger partial charge in [0.05, 0.1) is 0 Å². The van der Waals surface area contributed by atoms with Crippen molar-refractivity contribution in [2.45, 2.75) is 114 Å². The summed E-state index contributed by atoms with van der Waals surface area (Å²) in [7, 11) is 0. The summed E-state index contributed by atoms with van der Waals surface area (Å²) in [6.07, 6.45) is 3.50. The number of esters is 2. The molecule has 0 saturated heterocycles. The normalized spacial score (nSPS) is 13.9. The highest BCUT2D eigenvalue weighted by Gasteiger charge is 2.25. The van der Waals surface area contributed by atoms with Crippen molar-refractivity contribution in [1.82, 2.24) is 10.6 Å². The molecule has 0 aliphatic carbocycles. The Balaban J connectivity index is 2.73. The van der Waals surface area contributed by atoms with Crippen LogP contribution < -0.4 is 15.4 Å². The molecule has 0 saturated carbocycles. The monoisotopic (exact) mass is 811 g/mol. The van der Waals surface area contributed by atoms with Crippen molar-refractivity contribution >= 4 is 24.1 Å². The molecule has 2 N–H and O–H groups in total. The Hall–Kier alpha value is -5.00. The summed E-state index contributed by atoms with van der Waals surface area (Å²) in [5, 5.41) is 5.60. The van der Waals surface area contributed by atoms with Crippen molar-refractivity contribution in [3.05, 3.63) is 90.3 Å². The smallest absolute Gasteiger partial charge is 0.407 e. The third kappa shape index (κ3) is 21.5. The van der Waals surface area contributed by atoms with Crippen molar-refractivity contribution in [2.24, 2.45) is 16.7 Å². The Kier molecular flexibility index (Phi) is 21.2. The average Bonchev–Trinajstić information content (AvgIpc) is 3.12. The van der Waals surface area contributed by atoms with E-state index in [-0.39, 0.29) is 59.7 Å². The number of rotatable bonds is 23. The first kappa shape index (κ1) is 51.0. The van der Waals surface area contributed by atoms with Gasteiger partial charge in [0, 0.05) is 24.2 Å². The van der Waals surface area contributed by atoms with Gasteiger partial charge < -0.3 is 39.1 Å². The lowest BCUT2D eigenvalue weighted by Gasteiger charge is -2.29.